The van der Waals surface area contributed by atoms with Crippen LogP contribution in [0.3, 0.4) is 0 Å². The van der Waals surface area contributed by atoms with E-state index in [1.165, 1.54) is 70.4 Å². The van der Waals surface area contributed by atoms with Crippen LogP contribution in [-0.2, 0) is 9.57 Å². The summed E-state index contributed by atoms with van der Waals surface area (Å²) in [6.45, 7) is 0. The minimum atomic E-state index is -0.637. The number of carbonyl (C=O) groups is 2. The summed E-state index contributed by atoms with van der Waals surface area (Å²) in [6, 6.07) is 26.8. The maximum atomic E-state index is 12.9. The van der Waals surface area contributed by atoms with E-state index in [1.807, 2.05) is 48.9 Å². The molecule has 0 bridgehead atoms. The Bertz CT molecular complexity index is 4740. The molecule has 474 valence electrons. The lowest BCUT2D eigenvalue weighted by molar-refractivity contribution is -0.0756. The molecule has 0 atom stereocenters. The number of anilines is 3. The fourth-order valence-corrected chi connectivity index (χ4v) is 9.89. The highest BCUT2D eigenvalue weighted by molar-refractivity contribution is 9.11. The van der Waals surface area contributed by atoms with E-state index < -0.39 is 11.9 Å². The Morgan fingerprint density at radius 1 is 0.484 bits per heavy atom. The number of hydrogen-bond acceptors (Lipinski definition) is 18. The standard InChI is InChI=1S/C20H17N3O3.C13H11BrFN3O.C12H8BrN3O.C11H7BrFN3O.C8H10BrN3O2/c1-25-17-5-3-12(8-18(17)26-2)14-7-15-16(11-23-20(15)22-10-14)13-4-6-19(24)21-9-13;1-19-7-11(8-2-3-12(15)17-5-8)10-4-9(14)6-18-13(10)16;13-8-3-9-10(6-16-12(9)15-5-8)7-1-2-11(17)14-4-7;12-7-3-8(11(14)16-5-7)10(17)6-1-2-9(13)15-4-6;1-12(14-2)8(13)6-3-5(9)4-11-7(6)10/h3-11H,1-2H3,(H,21,24)(H,22,23);2-7H,1H3,(H2,16,18);1-6H,(H,14,17)(H,15,16);1-5H,(H2,14,16);3-4H,1-2H3,(H2,10,11). The minimum absolute atomic E-state index is 0.104. The number of carbonyl (C=O) groups excluding carboxylic acids is 2. The Morgan fingerprint density at radius 2 is 0.957 bits per heavy atom. The average molecular weight is 1520 g/mol. The molecule has 93 heavy (non-hydrogen) atoms. The van der Waals surface area contributed by atoms with Crippen molar-refractivity contribution in [1.29, 1.82) is 0 Å². The monoisotopic (exact) mass is 1510 g/mol. The van der Waals surface area contributed by atoms with Crippen molar-refractivity contribution >= 4 is 121 Å². The number of amides is 1. The first-order valence-corrected chi connectivity index (χ1v) is 30.1. The number of ether oxygens (including phenoxy) is 3. The number of fused-ring (bicyclic) bond motifs is 2. The minimum Gasteiger partial charge on any atom is -0.504 e. The first-order chi connectivity index (χ1) is 44.7. The van der Waals surface area contributed by atoms with Crippen LogP contribution in [0.4, 0.5) is 26.2 Å². The van der Waals surface area contributed by atoms with Gasteiger partial charge in [0.05, 0.1) is 45.8 Å². The second-order valence-corrected chi connectivity index (χ2v) is 22.8. The molecule has 0 spiro atoms. The quantitative estimate of drug-likeness (QED) is 0.0259. The summed E-state index contributed by atoms with van der Waals surface area (Å²) in [7, 11) is 7.66. The van der Waals surface area contributed by atoms with Gasteiger partial charge in [0, 0.05) is 166 Å². The highest BCUT2D eigenvalue weighted by atomic mass is 79.9. The maximum absolute atomic E-state index is 12.9. The molecule has 0 aliphatic rings. The summed E-state index contributed by atoms with van der Waals surface area (Å²) in [6.07, 6.45) is 19.5. The zero-order valence-electron chi connectivity index (χ0n) is 49.5. The highest BCUT2D eigenvalue weighted by Crippen LogP contribution is 2.36. The third-order valence-electron chi connectivity index (χ3n) is 13.2. The van der Waals surface area contributed by atoms with Crippen LogP contribution in [0, 0.1) is 11.9 Å². The molecule has 0 fully saturated rings. The Kier molecular flexibility index (Phi) is 23.7. The van der Waals surface area contributed by atoms with E-state index in [2.05, 4.69) is 125 Å². The van der Waals surface area contributed by atoms with Crippen molar-refractivity contribution in [2.75, 3.05) is 52.7 Å². The number of nitrogens with one attached hydrogen (secondary N) is 4. The lowest BCUT2D eigenvalue weighted by atomic mass is 10.0. The van der Waals surface area contributed by atoms with E-state index in [0.29, 0.717) is 48.5 Å². The van der Waals surface area contributed by atoms with Crippen molar-refractivity contribution in [3.63, 3.8) is 0 Å². The lowest BCUT2D eigenvalue weighted by Gasteiger charge is -2.14. The van der Waals surface area contributed by atoms with Gasteiger partial charge in [0.25, 0.3) is 5.91 Å². The van der Waals surface area contributed by atoms with E-state index in [9.17, 15) is 28.0 Å². The summed E-state index contributed by atoms with van der Waals surface area (Å²) < 4.78 is 44.3. The predicted octanol–water partition coefficient (Wildman–Crippen LogP) is 12.5. The number of methoxy groups -OCH3 is 3. The SMILES string of the molecule is COC=C(c1ccc(F)nc1)c1cc(Br)cnc1N.CON(C)C(=O)c1cc(Br)cnc1N.COc1ccc(-c2cnc3[nH]cc(-c4ccc(=O)[nH]c4)c3c2)cc1OC.Nc1ncc(Br)cc1C(=O)c1ccc(F)nc1.O=c1ccc(-c2c[nH]c3ncc(Br)cc23)c[nH]1. The Morgan fingerprint density at radius 3 is 1.46 bits per heavy atom. The lowest BCUT2D eigenvalue weighted by Crippen LogP contribution is -2.26. The van der Waals surface area contributed by atoms with Gasteiger partial charge >= 0.3 is 0 Å². The summed E-state index contributed by atoms with van der Waals surface area (Å²) in [5.41, 5.74) is 27.1. The number of aromatic nitrogens is 11. The molecule has 23 nitrogen and oxygen atoms in total. The number of nitrogens with two attached hydrogens (primary N) is 3. The van der Waals surface area contributed by atoms with E-state index in [0.717, 1.165) is 81.7 Å². The van der Waals surface area contributed by atoms with Crippen LogP contribution in [0.1, 0.15) is 37.4 Å². The van der Waals surface area contributed by atoms with Crippen molar-refractivity contribution in [1.82, 2.24) is 59.9 Å². The van der Waals surface area contributed by atoms with E-state index in [4.69, 9.17) is 36.2 Å². The fraction of sp³-hybridized carbons (Fsp3) is 0.0781. The number of H-pyrrole nitrogens is 4. The number of rotatable bonds is 12. The van der Waals surface area contributed by atoms with Crippen molar-refractivity contribution < 1.29 is 37.4 Å². The van der Waals surface area contributed by atoms with Crippen LogP contribution < -0.4 is 37.8 Å². The molecule has 0 saturated heterocycles. The molecule has 1 aromatic carbocycles. The third kappa shape index (κ3) is 17.8. The van der Waals surface area contributed by atoms with Gasteiger partial charge in [0.2, 0.25) is 23.0 Å². The van der Waals surface area contributed by atoms with Crippen LogP contribution in [0.2, 0.25) is 0 Å². The molecule has 11 heterocycles. The number of nitrogen functional groups attached to an aromatic ring is 3. The fourth-order valence-electron chi connectivity index (χ4n) is 8.57. The molecule has 0 radical (unpaired) electrons. The number of aromatic amines is 4. The van der Waals surface area contributed by atoms with Gasteiger partial charge in [-0.2, -0.15) is 8.78 Å². The topological polar surface area (TPSA) is 340 Å². The molecule has 0 saturated carbocycles. The number of pyridine rings is 9. The highest BCUT2D eigenvalue weighted by Gasteiger charge is 2.18. The molecule has 29 heteroatoms. The van der Waals surface area contributed by atoms with Crippen LogP contribution in [0.5, 0.6) is 11.5 Å². The van der Waals surface area contributed by atoms with E-state index >= 15 is 0 Å². The van der Waals surface area contributed by atoms with Crippen molar-refractivity contribution in [2.45, 2.75) is 0 Å². The van der Waals surface area contributed by atoms with E-state index in [1.54, 1.807) is 69.3 Å². The van der Waals surface area contributed by atoms with Crippen LogP contribution >= 0.6 is 63.7 Å². The zero-order valence-corrected chi connectivity index (χ0v) is 55.9. The number of halogens is 6. The molecule has 12 rings (SSSR count). The van der Waals surface area contributed by atoms with E-state index in [-0.39, 0.29) is 45.6 Å². The van der Waals surface area contributed by atoms with Crippen LogP contribution in [0.25, 0.3) is 61.0 Å². The van der Waals surface area contributed by atoms with Gasteiger partial charge in [-0.3, -0.25) is 24.0 Å². The average Bonchev–Trinajstić information content (AvgIpc) is 1.72. The number of hydrogen-bond donors (Lipinski definition) is 7. The first kappa shape index (κ1) is 68.6. The molecule has 11 aromatic heterocycles. The van der Waals surface area contributed by atoms with Crippen LogP contribution in [-0.4, -0.2) is 107 Å². The van der Waals surface area contributed by atoms with Crippen molar-refractivity contribution in [2.24, 2.45) is 0 Å². The van der Waals surface area contributed by atoms with Gasteiger partial charge in [-0.25, -0.2) is 40.0 Å². The molecule has 0 aliphatic carbocycles. The van der Waals surface area contributed by atoms with Crippen molar-refractivity contribution in [3.8, 4) is 44.9 Å². The first-order valence-electron chi connectivity index (χ1n) is 27.0. The Labute approximate surface area is 561 Å². The Hall–Kier alpha value is -10.3. The van der Waals surface area contributed by atoms with Gasteiger partial charge < -0.3 is 51.3 Å². The normalized spacial score (nSPS) is 10.7. The second-order valence-electron chi connectivity index (χ2n) is 19.1. The molecule has 1 amide bonds. The summed E-state index contributed by atoms with van der Waals surface area (Å²) in [5.74, 6) is 0.159. The summed E-state index contributed by atoms with van der Waals surface area (Å²) in [4.78, 5) is 90.0. The Balaban J connectivity index is 0.000000152. The maximum Gasteiger partial charge on any atom is 0.280 e. The van der Waals surface area contributed by atoms with Gasteiger partial charge in [0.1, 0.15) is 28.7 Å². The number of ketones is 1. The molecule has 12 aromatic rings. The number of hydroxylamine groups is 2. The predicted molar refractivity (Wildman–Crippen MR) is 365 cm³/mol. The van der Waals surface area contributed by atoms with Crippen LogP contribution in [0.15, 0.2) is 199 Å². The second kappa shape index (κ2) is 32.1. The molecular weight excluding hydrogens is 1460 g/mol. The van der Waals surface area contributed by atoms with Gasteiger partial charge in [-0.05, 0) is 148 Å². The largest absolute Gasteiger partial charge is 0.504 e. The summed E-state index contributed by atoms with van der Waals surface area (Å²) in [5, 5.41) is 3.08. The van der Waals surface area contributed by atoms with Gasteiger partial charge in [0.15, 0.2) is 17.3 Å². The summed E-state index contributed by atoms with van der Waals surface area (Å²) >= 11 is 13.1. The molecular formula is C64H53Br4F2N15O8. The smallest absolute Gasteiger partial charge is 0.280 e. The van der Waals surface area contributed by atoms with Gasteiger partial charge in [-0.1, -0.05) is 6.07 Å². The van der Waals surface area contributed by atoms with Crippen molar-refractivity contribution in [3.05, 3.63) is 250 Å². The number of benzene rings is 1. The number of nitrogens with zero attached hydrogens (tertiary/aromatic N) is 8. The molecule has 0 aliphatic heterocycles. The van der Waals surface area contributed by atoms with Gasteiger partial charge in [-0.15, -0.1) is 0 Å². The third-order valence-corrected chi connectivity index (χ3v) is 14.9. The molecule has 0 unspecified atom stereocenters. The molecule has 10 N–H and O–H groups in total. The zero-order chi connectivity index (χ0) is 66.9.